The van der Waals surface area contributed by atoms with Gasteiger partial charge in [0, 0.05) is 31.6 Å². The van der Waals surface area contributed by atoms with Gasteiger partial charge in [0.2, 0.25) is 0 Å². The van der Waals surface area contributed by atoms with Gasteiger partial charge in [0.15, 0.2) is 0 Å². The number of carbonyl (C=O) groups is 1. The number of hydrogen-bond donors (Lipinski definition) is 1. The number of aryl methyl sites for hydroxylation is 3. The van der Waals surface area contributed by atoms with Crippen molar-refractivity contribution in [2.75, 3.05) is 5.32 Å². The summed E-state index contributed by atoms with van der Waals surface area (Å²) in [6.07, 6.45) is 5.16. The summed E-state index contributed by atoms with van der Waals surface area (Å²) in [5.74, 6) is 1.21. The fourth-order valence-corrected chi connectivity index (χ4v) is 3.65. The number of carbonyl (C=O) groups excluding carboxylic acids is 1. The van der Waals surface area contributed by atoms with E-state index in [1.54, 1.807) is 34.5 Å². The lowest BCUT2D eigenvalue weighted by Crippen LogP contribution is -2.26. The molecule has 3 aromatic rings. The molecule has 0 saturated carbocycles. The molecule has 1 N–H and O–H groups in total. The largest absolute Gasteiger partial charge is 0.307 e. The number of nitrogens with zero attached hydrogens (tertiary/aromatic N) is 4. The Bertz CT molecular complexity index is 1080. The molecule has 0 spiro atoms. The Morgan fingerprint density at radius 2 is 1.96 bits per heavy atom. The molecule has 7 heteroatoms. The molecule has 0 saturated heterocycles. The van der Waals surface area contributed by atoms with Crippen LogP contribution in [-0.4, -0.2) is 25.2 Å². The molecule has 2 aromatic heterocycles. The van der Waals surface area contributed by atoms with Gasteiger partial charge in [-0.3, -0.25) is 18.8 Å². The lowest BCUT2D eigenvalue weighted by molar-refractivity contribution is 0.102. The number of aromatic nitrogens is 4. The molecule has 7 nitrogen and oxygen atoms in total. The third-order valence-electron chi connectivity index (χ3n) is 5.07. The van der Waals surface area contributed by atoms with Gasteiger partial charge in [-0.15, -0.1) is 0 Å². The van der Waals surface area contributed by atoms with Crippen molar-refractivity contribution in [2.24, 2.45) is 7.05 Å². The van der Waals surface area contributed by atoms with E-state index in [2.05, 4.69) is 10.4 Å². The Morgan fingerprint density at radius 1 is 1.15 bits per heavy atom. The van der Waals surface area contributed by atoms with Gasteiger partial charge in [0.25, 0.3) is 11.5 Å². The number of anilines is 1. The molecule has 1 aliphatic heterocycles. The number of rotatable bonds is 2. The van der Waals surface area contributed by atoms with E-state index >= 15 is 0 Å². The van der Waals surface area contributed by atoms with Crippen LogP contribution in [0.15, 0.2) is 29.1 Å². The summed E-state index contributed by atoms with van der Waals surface area (Å²) in [6.45, 7) is 2.59. The van der Waals surface area contributed by atoms with Gasteiger partial charge in [0.05, 0.1) is 16.6 Å². The van der Waals surface area contributed by atoms with Crippen LogP contribution in [0.4, 0.5) is 5.82 Å². The van der Waals surface area contributed by atoms with Gasteiger partial charge in [0.1, 0.15) is 11.6 Å². The van der Waals surface area contributed by atoms with Gasteiger partial charge in [-0.1, -0.05) is 12.8 Å². The quantitative estimate of drug-likeness (QED) is 0.757. The zero-order valence-electron chi connectivity index (χ0n) is 15.7. The van der Waals surface area contributed by atoms with Crippen molar-refractivity contribution in [3.05, 3.63) is 51.7 Å². The SMILES string of the molecule is Cc1cc(NC(=O)c2ccc3c(=O)n4c(nc3c2)CCCCCC4)n(C)n1. The summed E-state index contributed by atoms with van der Waals surface area (Å²) in [6, 6.07) is 6.90. The third kappa shape index (κ3) is 3.37. The van der Waals surface area contributed by atoms with Gasteiger partial charge >= 0.3 is 0 Å². The van der Waals surface area contributed by atoms with Gasteiger partial charge in [-0.25, -0.2) is 4.98 Å². The Morgan fingerprint density at radius 3 is 2.74 bits per heavy atom. The van der Waals surface area contributed by atoms with Crippen LogP contribution >= 0.6 is 0 Å². The summed E-state index contributed by atoms with van der Waals surface area (Å²) < 4.78 is 3.43. The van der Waals surface area contributed by atoms with Crippen LogP contribution in [-0.2, 0) is 20.0 Å². The number of amides is 1. The molecule has 0 bridgehead atoms. The molecular formula is C20H23N5O2. The number of benzene rings is 1. The highest BCUT2D eigenvalue weighted by Gasteiger charge is 2.15. The lowest BCUT2D eigenvalue weighted by atomic mass is 10.1. The van der Waals surface area contributed by atoms with Crippen LogP contribution in [0.5, 0.6) is 0 Å². The highest BCUT2D eigenvalue weighted by molar-refractivity contribution is 6.05. The zero-order valence-corrected chi connectivity index (χ0v) is 15.7. The van der Waals surface area contributed by atoms with E-state index in [-0.39, 0.29) is 11.5 Å². The molecule has 27 heavy (non-hydrogen) atoms. The highest BCUT2D eigenvalue weighted by atomic mass is 16.1. The van der Waals surface area contributed by atoms with Gasteiger partial charge < -0.3 is 5.32 Å². The minimum Gasteiger partial charge on any atom is -0.307 e. The molecule has 3 heterocycles. The smallest absolute Gasteiger partial charge is 0.261 e. The van der Waals surface area contributed by atoms with Crippen LogP contribution < -0.4 is 10.9 Å². The fourth-order valence-electron chi connectivity index (χ4n) is 3.65. The monoisotopic (exact) mass is 365 g/mol. The van der Waals surface area contributed by atoms with Crippen molar-refractivity contribution < 1.29 is 4.79 Å². The molecule has 1 aliphatic rings. The van der Waals surface area contributed by atoms with Crippen molar-refractivity contribution in [2.45, 2.75) is 45.6 Å². The first-order chi connectivity index (χ1) is 13.0. The molecule has 1 aromatic carbocycles. The van der Waals surface area contributed by atoms with E-state index in [1.807, 2.05) is 13.0 Å². The maximum atomic E-state index is 12.9. The average Bonchev–Trinajstić information content (AvgIpc) is 2.93. The maximum absolute atomic E-state index is 12.9. The van der Waals surface area contributed by atoms with Gasteiger partial charge in [-0.2, -0.15) is 5.10 Å². The van der Waals surface area contributed by atoms with Gasteiger partial charge in [-0.05, 0) is 38.0 Å². The van der Waals surface area contributed by atoms with E-state index in [1.165, 1.54) is 6.42 Å². The molecule has 0 atom stereocenters. The standard InChI is InChI=1S/C20H23N5O2/c1-13-11-18(24(2)23-13)22-19(26)14-8-9-15-16(12-14)21-17-7-5-3-4-6-10-25(17)20(15)27/h8-9,11-12H,3-7,10H2,1-2H3,(H,22,26). The van der Waals surface area contributed by atoms with E-state index in [9.17, 15) is 9.59 Å². The number of nitrogens with one attached hydrogen (secondary N) is 1. The predicted octanol–water partition coefficient (Wildman–Crippen LogP) is 2.81. The third-order valence-corrected chi connectivity index (χ3v) is 5.07. The van der Waals surface area contributed by atoms with E-state index in [0.29, 0.717) is 22.3 Å². The van der Waals surface area contributed by atoms with E-state index in [4.69, 9.17) is 4.98 Å². The maximum Gasteiger partial charge on any atom is 0.261 e. The summed E-state index contributed by atoms with van der Waals surface area (Å²) >= 11 is 0. The van der Waals surface area contributed by atoms with Crippen LogP contribution in [0.2, 0.25) is 0 Å². The molecule has 1 amide bonds. The topological polar surface area (TPSA) is 81.8 Å². The first-order valence-electron chi connectivity index (χ1n) is 9.38. The van der Waals surface area contributed by atoms with E-state index in [0.717, 1.165) is 43.7 Å². The summed E-state index contributed by atoms with van der Waals surface area (Å²) in [7, 11) is 1.78. The average molecular weight is 365 g/mol. The zero-order chi connectivity index (χ0) is 19.0. The van der Waals surface area contributed by atoms with Crippen molar-refractivity contribution >= 4 is 22.6 Å². The Kier molecular flexibility index (Phi) is 4.51. The number of fused-ring (bicyclic) bond motifs is 2. The van der Waals surface area contributed by atoms with Crippen molar-refractivity contribution in [1.29, 1.82) is 0 Å². The van der Waals surface area contributed by atoms with Crippen molar-refractivity contribution in [3.8, 4) is 0 Å². The second-order valence-corrected chi connectivity index (χ2v) is 7.13. The lowest BCUT2D eigenvalue weighted by Gasteiger charge is -2.16. The van der Waals surface area contributed by atoms with Crippen LogP contribution in [0.25, 0.3) is 10.9 Å². The normalized spacial score (nSPS) is 14.4. The number of hydrogen-bond acceptors (Lipinski definition) is 4. The highest BCUT2D eigenvalue weighted by Crippen LogP contribution is 2.17. The molecule has 0 fully saturated rings. The summed E-state index contributed by atoms with van der Waals surface area (Å²) in [4.78, 5) is 30.2. The predicted molar refractivity (Wildman–Crippen MR) is 104 cm³/mol. The first kappa shape index (κ1) is 17.5. The molecule has 140 valence electrons. The second kappa shape index (κ2) is 6.98. The van der Waals surface area contributed by atoms with Crippen LogP contribution in [0.3, 0.4) is 0 Å². The first-order valence-corrected chi connectivity index (χ1v) is 9.38. The minimum atomic E-state index is -0.242. The van der Waals surface area contributed by atoms with E-state index < -0.39 is 0 Å². The van der Waals surface area contributed by atoms with Crippen LogP contribution in [0.1, 0.15) is 47.6 Å². The minimum absolute atomic E-state index is 0.00822. The summed E-state index contributed by atoms with van der Waals surface area (Å²) in [5, 5.41) is 7.65. The molecular weight excluding hydrogens is 342 g/mol. The molecule has 4 rings (SSSR count). The Balaban J connectivity index is 1.71. The molecule has 0 unspecified atom stereocenters. The molecule has 0 radical (unpaired) electrons. The summed E-state index contributed by atoms with van der Waals surface area (Å²) in [5.41, 5.74) is 1.88. The second-order valence-electron chi connectivity index (χ2n) is 7.13. The fraction of sp³-hybridized carbons (Fsp3) is 0.400. The van der Waals surface area contributed by atoms with Crippen molar-refractivity contribution in [3.63, 3.8) is 0 Å². The molecule has 0 aliphatic carbocycles. The Labute approximate surface area is 157 Å². The van der Waals surface area contributed by atoms with Crippen molar-refractivity contribution in [1.82, 2.24) is 19.3 Å². The Hall–Kier alpha value is -2.96. The van der Waals surface area contributed by atoms with Crippen LogP contribution in [0, 0.1) is 6.92 Å².